The molecule has 0 saturated heterocycles. The van der Waals surface area contributed by atoms with Gasteiger partial charge in [-0.3, -0.25) is 0 Å². The molecule has 0 aliphatic rings. The van der Waals surface area contributed by atoms with E-state index in [9.17, 15) is 18.8 Å². The van der Waals surface area contributed by atoms with Crippen LogP contribution in [0.1, 0.15) is 5.56 Å². The Balaban J connectivity index is 2.56. The molecule has 2 aromatic rings. The average Bonchev–Trinajstić information content (AvgIpc) is 2.50. The molecule has 0 atom stereocenters. The van der Waals surface area contributed by atoms with Crippen molar-refractivity contribution in [3.05, 3.63) is 61.9 Å². The number of sulfone groups is 1. The van der Waals surface area contributed by atoms with E-state index in [-0.39, 0.29) is 15.6 Å². The molecule has 0 heterocycles. The molecule has 7 heteroatoms. The molecule has 2 aromatic carbocycles. The molecule has 112 valence electrons. The average molecular weight is 443 g/mol. The van der Waals surface area contributed by atoms with E-state index >= 15 is 0 Å². The molecule has 0 unspecified atom stereocenters. The van der Waals surface area contributed by atoms with Crippen LogP contribution in [0.15, 0.2) is 61.2 Å². The number of nitriles is 1. The second-order valence-electron chi connectivity index (χ2n) is 4.27. The predicted molar refractivity (Wildman–Crippen MR) is 90.7 cm³/mol. The lowest BCUT2D eigenvalue weighted by Gasteiger charge is -2.05. The molecule has 0 saturated carbocycles. The summed E-state index contributed by atoms with van der Waals surface area (Å²) >= 11 is 6.32. The van der Waals surface area contributed by atoms with Crippen molar-refractivity contribution >= 4 is 47.8 Å². The number of hydrogen-bond acceptors (Lipinski definition) is 4. The molecule has 0 bridgehead atoms. The van der Waals surface area contributed by atoms with Crippen LogP contribution in [0.25, 0.3) is 6.08 Å². The van der Waals surface area contributed by atoms with E-state index in [4.69, 9.17) is 0 Å². The maximum absolute atomic E-state index is 12.4. The van der Waals surface area contributed by atoms with Crippen molar-refractivity contribution in [1.82, 2.24) is 0 Å². The zero-order chi connectivity index (χ0) is 16.3. The maximum Gasteiger partial charge on any atom is 0.216 e. The summed E-state index contributed by atoms with van der Waals surface area (Å²) in [6, 6.07) is 12.5. The van der Waals surface area contributed by atoms with E-state index in [0.717, 1.165) is 0 Å². The Bertz CT molecular complexity index is 862. The van der Waals surface area contributed by atoms with Crippen molar-refractivity contribution < 1.29 is 13.5 Å². The molecular weight excluding hydrogens is 434 g/mol. The number of halogens is 2. The quantitative estimate of drug-likeness (QED) is 0.720. The highest BCUT2D eigenvalue weighted by Gasteiger charge is 2.20. The summed E-state index contributed by atoms with van der Waals surface area (Å²) in [5.41, 5.74) is 0.465. The van der Waals surface area contributed by atoms with Crippen LogP contribution in [0, 0.1) is 11.3 Å². The Kier molecular flexibility index (Phi) is 5.06. The van der Waals surface area contributed by atoms with Gasteiger partial charge in [0.2, 0.25) is 9.84 Å². The van der Waals surface area contributed by atoms with Crippen molar-refractivity contribution in [2.45, 2.75) is 4.90 Å². The summed E-state index contributed by atoms with van der Waals surface area (Å²) in [5, 5.41) is 18.9. The molecule has 0 aromatic heterocycles. The number of allylic oxidation sites excluding steroid dienone is 1. The van der Waals surface area contributed by atoms with Gasteiger partial charge in [-0.25, -0.2) is 8.42 Å². The minimum Gasteiger partial charge on any atom is -0.506 e. The lowest BCUT2D eigenvalue weighted by molar-refractivity contribution is 0.468. The van der Waals surface area contributed by atoms with Crippen LogP contribution in [0.2, 0.25) is 0 Å². The SMILES string of the molecule is N#C/C(=C\c1cc(Br)c(O)c(Br)c1)S(=O)(=O)c1ccccc1. The molecule has 0 aliphatic carbocycles. The fourth-order valence-corrected chi connectivity index (χ4v) is 4.12. The largest absolute Gasteiger partial charge is 0.506 e. The van der Waals surface area contributed by atoms with Gasteiger partial charge in [0.05, 0.1) is 13.8 Å². The second kappa shape index (κ2) is 6.65. The fourth-order valence-electron chi connectivity index (χ4n) is 1.72. The van der Waals surface area contributed by atoms with E-state index in [2.05, 4.69) is 31.9 Å². The van der Waals surface area contributed by atoms with Gasteiger partial charge in [0.15, 0.2) is 0 Å². The summed E-state index contributed by atoms with van der Waals surface area (Å²) in [6.45, 7) is 0. The predicted octanol–water partition coefficient (Wildman–Crippen LogP) is 4.26. The van der Waals surface area contributed by atoms with Crippen LogP contribution in [0.3, 0.4) is 0 Å². The molecule has 4 nitrogen and oxygen atoms in total. The maximum atomic E-state index is 12.4. The van der Waals surface area contributed by atoms with Crippen molar-refractivity contribution in [1.29, 1.82) is 5.26 Å². The number of nitrogens with zero attached hydrogens (tertiary/aromatic N) is 1. The molecular formula is C15H9Br2NO3S. The standard InChI is InChI=1S/C15H9Br2NO3S/c16-13-7-10(8-14(17)15(13)19)6-12(9-18)22(20,21)11-4-2-1-3-5-11/h1-8,19H/b12-6+. The van der Waals surface area contributed by atoms with Gasteiger partial charge in [-0.15, -0.1) is 0 Å². The van der Waals surface area contributed by atoms with Gasteiger partial charge >= 0.3 is 0 Å². The lowest BCUT2D eigenvalue weighted by atomic mass is 10.2. The van der Waals surface area contributed by atoms with E-state index < -0.39 is 9.84 Å². The molecule has 0 spiro atoms. The Hall–Kier alpha value is -1.62. The lowest BCUT2D eigenvalue weighted by Crippen LogP contribution is -2.03. The van der Waals surface area contributed by atoms with E-state index in [1.807, 2.05) is 0 Å². The van der Waals surface area contributed by atoms with Gasteiger partial charge < -0.3 is 5.11 Å². The number of aromatic hydroxyl groups is 1. The number of benzene rings is 2. The van der Waals surface area contributed by atoms with E-state index in [0.29, 0.717) is 14.5 Å². The molecule has 1 N–H and O–H groups in total. The molecule has 0 radical (unpaired) electrons. The van der Waals surface area contributed by atoms with Gasteiger partial charge in [-0.1, -0.05) is 18.2 Å². The van der Waals surface area contributed by atoms with Gasteiger partial charge in [0, 0.05) is 0 Å². The van der Waals surface area contributed by atoms with Crippen LogP contribution in [0.5, 0.6) is 5.75 Å². The summed E-state index contributed by atoms with van der Waals surface area (Å²) in [6.07, 6.45) is 1.26. The highest BCUT2D eigenvalue weighted by molar-refractivity contribution is 9.11. The second-order valence-corrected chi connectivity index (χ2v) is 7.90. The number of phenols is 1. The number of hydrogen-bond donors (Lipinski definition) is 1. The van der Waals surface area contributed by atoms with Crippen molar-refractivity contribution in [2.75, 3.05) is 0 Å². The molecule has 0 fully saturated rings. The monoisotopic (exact) mass is 441 g/mol. The first-order valence-corrected chi connectivity index (χ1v) is 9.03. The Morgan fingerprint density at radius 1 is 1.14 bits per heavy atom. The Morgan fingerprint density at radius 3 is 2.18 bits per heavy atom. The summed E-state index contributed by atoms with van der Waals surface area (Å²) in [4.78, 5) is -0.317. The third-order valence-electron chi connectivity index (χ3n) is 2.79. The Labute approximate surface area is 144 Å². The van der Waals surface area contributed by atoms with Crippen LogP contribution in [-0.4, -0.2) is 13.5 Å². The highest BCUT2D eigenvalue weighted by Crippen LogP contribution is 2.34. The van der Waals surface area contributed by atoms with Crippen molar-refractivity contribution in [3.63, 3.8) is 0 Å². The van der Waals surface area contributed by atoms with Crippen molar-refractivity contribution in [3.8, 4) is 11.8 Å². The van der Waals surface area contributed by atoms with Crippen molar-refractivity contribution in [2.24, 2.45) is 0 Å². The van der Waals surface area contributed by atoms with Gasteiger partial charge in [-0.2, -0.15) is 5.26 Å². The topological polar surface area (TPSA) is 78.2 Å². The normalized spacial score (nSPS) is 12.0. The highest BCUT2D eigenvalue weighted by atomic mass is 79.9. The minimum atomic E-state index is -3.88. The van der Waals surface area contributed by atoms with Crippen LogP contribution in [0.4, 0.5) is 0 Å². The third-order valence-corrected chi connectivity index (χ3v) is 5.68. The third kappa shape index (κ3) is 3.40. The Morgan fingerprint density at radius 2 is 1.68 bits per heavy atom. The van der Waals surface area contributed by atoms with Gasteiger partial charge in [0.1, 0.15) is 16.7 Å². The minimum absolute atomic E-state index is 0.00146. The fraction of sp³-hybridized carbons (Fsp3) is 0. The van der Waals surface area contributed by atoms with Crippen LogP contribution < -0.4 is 0 Å². The number of phenolic OH excluding ortho intramolecular Hbond substituents is 1. The van der Waals surface area contributed by atoms with E-state index in [1.165, 1.54) is 30.3 Å². The summed E-state index contributed by atoms with van der Waals surface area (Å²) < 4.78 is 25.7. The smallest absolute Gasteiger partial charge is 0.216 e. The summed E-state index contributed by atoms with van der Waals surface area (Å²) in [7, 11) is -3.88. The van der Waals surface area contributed by atoms with E-state index in [1.54, 1.807) is 24.3 Å². The number of rotatable bonds is 3. The van der Waals surface area contributed by atoms with Gasteiger partial charge in [0.25, 0.3) is 0 Å². The molecule has 22 heavy (non-hydrogen) atoms. The van der Waals surface area contributed by atoms with Crippen LogP contribution >= 0.6 is 31.9 Å². The van der Waals surface area contributed by atoms with Crippen LogP contribution in [-0.2, 0) is 9.84 Å². The summed E-state index contributed by atoms with van der Waals surface area (Å²) in [5.74, 6) is 0.00146. The molecule has 0 aliphatic heterocycles. The zero-order valence-corrected chi connectivity index (χ0v) is 15.0. The molecule has 2 rings (SSSR count). The van der Waals surface area contributed by atoms with Gasteiger partial charge in [-0.05, 0) is 67.8 Å². The molecule has 0 amide bonds. The first-order chi connectivity index (χ1) is 10.4. The first-order valence-electron chi connectivity index (χ1n) is 5.96. The first kappa shape index (κ1) is 16.7. The zero-order valence-electron chi connectivity index (χ0n) is 11.0.